The van der Waals surface area contributed by atoms with Gasteiger partial charge in [0.15, 0.2) is 0 Å². The van der Waals surface area contributed by atoms with Gasteiger partial charge in [-0.25, -0.2) is 0 Å². The summed E-state index contributed by atoms with van der Waals surface area (Å²) in [6.45, 7) is 5.13. The molecule has 0 aliphatic carbocycles. The Morgan fingerprint density at radius 3 is 2.65 bits per heavy atom. The van der Waals surface area contributed by atoms with Crippen LogP contribution in [0.2, 0.25) is 0 Å². The molecule has 3 unspecified atom stereocenters. The summed E-state index contributed by atoms with van der Waals surface area (Å²) in [4.78, 5) is 41.4. The van der Waals surface area contributed by atoms with E-state index in [1.165, 1.54) is 18.2 Å². The van der Waals surface area contributed by atoms with Gasteiger partial charge in [-0.15, -0.1) is 11.8 Å². The highest BCUT2D eigenvalue weighted by atomic mass is 32.2. The molecule has 3 atom stereocenters. The Morgan fingerprint density at radius 1 is 1.19 bits per heavy atom. The Kier molecular flexibility index (Phi) is 11.1. The molecule has 10 nitrogen and oxygen atoms in total. The molecule has 1 aromatic carbocycles. The van der Waals surface area contributed by atoms with Gasteiger partial charge >= 0.3 is 0 Å². The molecular formula is C26H35N7O3S. The van der Waals surface area contributed by atoms with Crippen molar-refractivity contribution in [1.82, 2.24) is 15.1 Å². The van der Waals surface area contributed by atoms with E-state index in [0.717, 1.165) is 37.3 Å². The van der Waals surface area contributed by atoms with Crippen LogP contribution in [0.3, 0.4) is 0 Å². The standard InChI is InChI=1S/C26H35N7O3S/c1-2-33-24(15-19(17-28)25(35)30-12-10-27)37-22(26(33)36)9-11-29-20-7-6-8-21(16-20)31-23(34)18-32-13-4-3-5-14-32/h6-8,16,19,22,24,29H,2-5,9,11-15,18H2,1H3,(H,30,35)(H,31,34). The molecule has 3 amide bonds. The first-order valence-electron chi connectivity index (χ1n) is 12.8. The molecule has 11 heteroatoms. The summed E-state index contributed by atoms with van der Waals surface area (Å²) in [5, 5.41) is 26.3. The molecule has 0 saturated carbocycles. The fourth-order valence-corrected chi connectivity index (χ4v) is 6.22. The third kappa shape index (κ3) is 8.38. The zero-order valence-corrected chi connectivity index (χ0v) is 22.1. The van der Waals surface area contributed by atoms with Gasteiger partial charge in [-0.1, -0.05) is 12.5 Å². The number of benzene rings is 1. The number of thioether (sulfide) groups is 1. The van der Waals surface area contributed by atoms with Gasteiger partial charge in [-0.3, -0.25) is 19.3 Å². The molecule has 0 bridgehead atoms. The second-order valence-corrected chi connectivity index (χ2v) is 10.6. The predicted octanol–water partition coefficient (Wildman–Crippen LogP) is 2.37. The van der Waals surface area contributed by atoms with Gasteiger partial charge in [0, 0.05) is 30.9 Å². The highest BCUT2D eigenvalue weighted by Crippen LogP contribution is 2.37. The van der Waals surface area contributed by atoms with E-state index in [4.69, 9.17) is 5.26 Å². The molecule has 2 heterocycles. The lowest BCUT2D eigenvalue weighted by Crippen LogP contribution is -2.38. The smallest absolute Gasteiger partial charge is 0.238 e. The predicted molar refractivity (Wildman–Crippen MR) is 143 cm³/mol. The van der Waals surface area contributed by atoms with Crippen molar-refractivity contribution in [3.8, 4) is 12.1 Å². The van der Waals surface area contributed by atoms with Crippen LogP contribution in [0.4, 0.5) is 11.4 Å². The molecule has 1 aromatic rings. The molecule has 2 aliphatic rings. The van der Waals surface area contributed by atoms with Crippen molar-refractivity contribution < 1.29 is 14.4 Å². The SMILES string of the molecule is CCN1C(=O)C(CCNc2cccc(NC(=O)CN3CCCCC3)c2)SC1CC(C#N)C(=O)NCC#N. The van der Waals surface area contributed by atoms with Gasteiger partial charge in [0.05, 0.1) is 29.3 Å². The highest BCUT2D eigenvalue weighted by Gasteiger charge is 2.40. The van der Waals surface area contributed by atoms with Crippen molar-refractivity contribution in [2.45, 2.75) is 49.7 Å². The molecular weight excluding hydrogens is 490 g/mol. The summed E-state index contributed by atoms with van der Waals surface area (Å²) in [5.74, 6) is -1.42. The van der Waals surface area contributed by atoms with Crippen LogP contribution in [0.25, 0.3) is 0 Å². The van der Waals surface area contributed by atoms with Crippen molar-refractivity contribution in [3.63, 3.8) is 0 Å². The van der Waals surface area contributed by atoms with Crippen molar-refractivity contribution in [2.24, 2.45) is 5.92 Å². The number of carbonyl (C=O) groups is 3. The summed E-state index contributed by atoms with van der Waals surface area (Å²) in [7, 11) is 0. The number of amides is 3. The second kappa shape index (κ2) is 14.5. The van der Waals surface area contributed by atoms with Gasteiger partial charge in [-0.05, 0) is 57.5 Å². The molecule has 3 rings (SSSR count). The average Bonchev–Trinajstić information content (AvgIpc) is 3.20. The minimum absolute atomic E-state index is 0.00662. The normalized spacial score (nSPS) is 20.5. The van der Waals surface area contributed by atoms with Crippen LogP contribution >= 0.6 is 11.8 Å². The molecule has 0 radical (unpaired) electrons. The maximum Gasteiger partial charge on any atom is 0.238 e. The van der Waals surface area contributed by atoms with E-state index in [-0.39, 0.29) is 35.4 Å². The number of piperidine rings is 1. The number of carbonyl (C=O) groups excluding carboxylic acids is 3. The maximum absolute atomic E-state index is 12.9. The molecule has 2 fully saturated rings. The number of nitrogens with zero attached hydrogens (tertiary/aromatic N) is 4. The summed E-state index contributed by atoms with van der Waals surface area (Å²) in [6.07, 6.45) is 4.32. The minimum Gasteiger partial charge on any atom is -0.385 e. The number of nitriles is 2. The summed E-state index contributed by atoms with van der Waals surface area (Å²) in [5.41, 5.74) is 1.58. The van der Waals surface area contributed by atoms with Crippen molar-refractivity contribution >= 4 is 40.9 Å². The Hall–Kier alpha value is -3.28. The van der Waals surface area contributed by atoms with Gasteiger partial charge in [-0.2, -0.15) is 10.5 Å². The van der Waals surface area contributed by atoms with E-state index in [9.17, 15) is 19.6 Å². The molecule has 0 aromatic heterocycles. The van der Waals surface area contributed by atoms with Crippen LogP contribution in [-0.4, -0.2) is 77.4 Å². The van der Waals surface area contributed by atoms with Crippen LogP contribution in [0.15, 0.2) is 24.3 Å². The molecule has 0 spiro atoms. The molecule has 2 saturated heterocycles. The third-order valence-corrected chi connectivity index (χ3v) is 8.04. The second-order valence-electron chi connectivity index (χ2n) is 9.18. The van der Waals surface area contributed by atoms with E-state index in [2.05, 4.69) is 20.9 Å². The Bertz CT molecular complexity index is 1030. The molecule has 37 heavy (non-hydrogen) atoms. The van der Waals surface area contributed by atoms with Crippen LogP contribution in [0.5, 0.6) is 0 Å². The number of hydrogen-bond donors (Lipinski definition) is 3. The van der Waals surface area contributed by atoms with E-state index >= 15 is 0 Å². The van der Waals surface area contributed by atoms with Crippen molar-refractivity contribution in [3.05, 3.63) is 24.3 Å². The van der Waals surface area contributed by atoms with Gasteiger partial charge in [0.25, 0.3) is 0 Å². The first-order chi connectivity index (χ1) is 17.9. The van der Waals surface area contributed by atoms with Gasteiger partial charge in [0.2, 0.25) is 17.7 Å². The Morgan fingerprint density at radius 2 is 1.95 bits per heavy atom. The number of likely N-dealkylation sites (tertiary alicyclic amines) is 1. The largest absolute Gasteiger partial charge is 0.385 e. The lowest BCUT2D eigenvalue weighted by molar-refractivity contribution is -0.131. The first kappa shape index (κ1) is 28.3. The van der Waals surface area contributed by atoms with Crippen molar-refractivity contribution in [1.29, 1.82) is 10.5 Å². The van der Waals surface area contributed by atoms with Gasteiger partial charge < -0.3 is 20.9 Å². The number of hydrogen-bond acceptors (Lipinski definition) is 8. The summed E-state index contributed by atoms with van der Waals surface area (Å²) in [6, 6.07) is 11.4. The average molecular weight is 526 g/mol. The van der Waals surface area contributed by atoms with Gasteiger partial charge in [0.1, 0.15) is 12.5 Å². The lowest BCUT2D eigenvalue weighted by Gasteiger charge is -2.25. The Balaban J connectivity index is 1.48. The van der Waals surface area contributed by atoms with Crippen LogP contribution in [-0.2, 0) is 14.4 Å². The maximum atomic E-state index is 12.9. The van der Waals surface area contributed by atoms with E-state index in [0.29, 0.717) is 26.1 Å². The number of anilines is 2. The summed E-state index contributed by atoms with van der Waals surface area (Å²) < 4.78 is 0. The molecule has 2 aliphatic heterocycles. The lowest BCUT2D eigenvalue weighted by atomic mass is 10.1. The number of nitrogens with one attached hydrogen (secondary N) is 3. The minimum atomic E-state index is -0.919. The van der Waals surface area contributed by atoms with Crippen LogP contribution in [0, 0.1) is 28.6 Å². The first-order valence-corrected chi connectivity index (χ1v) is 13.8. The van der Waals surface area contributed by atoms with E-state index in [1.807, 2.05) is 43.3 Å². The van der Waals surface area contributed by atoms with E-state index < -0.39 is 11.8 Å². The monoisotopic (exact) mass is 525 g/mol. The molecule has 3 N–H and O–H groups in total. The third-order valence-electron chi connectivity index (χ3n) is 6.52. The van der Waals surface area contributed by atoms with E-state index in [1.54, 1.807) is 4.90 Å². The highest BCUT2D eigenvalue weighted by molar-refractivity contribution is 8.01. The van der Waals surface area contributed by atoms with Crippen LogP contribution in [0.1, 0.15) is 39.0 Å². The summed E-state index contributed by atoms with van der Waals surface area (Å²) >= 11 is 1.48. The number of rotatable bonds is 12. The molecule has 198 valence electrons. The zero-order valence-electron chi connectivity index (χ0n) is 21.2. The quantitative estimate of drug-likeness (QED) is 0.353. The van der Waals surface area contributed by atoms with Crippen molar-refractivity contribution in [2.75, 3.05) is 49.9 Å². The fourth-order valence-electron chi connectivity index (χ4n) is 4.63. The van der Waals surface area contributed by atoms with Crippen LogP contribution < -0.4 is 16.0 Å². The topological polar surface area (TPSA) is 141 Å². The Labute approximate surface area is 222 Å². The zero-order chi connectivity index (χ0) is 26.6. The fraction of sp³-hybridized carbons (Fsp3) is 0.577.